The number of amides is 1. The van der Waals surface area contributed by atoms with Crippen LogP contribution < -0.4 is 10.2 Å². The highest BCUT2D eigenvalue weighted by atomic mass is 16.6. The van der Waals surface area contributed by atoms with Crippen molar-refractivity contribution in [1.82, 2.24) is 5.43 Å². The molecule has 2 aromatic rings. The smallest absolute Gasteiger partial charge is 0.272 e. The summed E-state index contributed by atoms with van der Waals surface area (Å²) in [6.07, 6.45) is 3.11. The summed E-state index contributed by atoms with van der Waals surface area (Å²) in [7, 11) is 1.63. The Labute approximate surface area is 158 Å². The maximum absolute atomic E-state index is 11.9. The third kappa shape index (κ3) is 5.91. The number of nitrogens with one attached hydrogen (secondary N) is 1. The lowest BCUT2D eigenvalue weighted by molar-refractivity contribution is -0.385. The first-order valence-corrected chi connectivity index (χ1v) is 8.61. The van der Waals surface area contributed by atoms with Crippen molar-refractivity contribution in [2.45, 2.75) is 33.1 Å². The average molecular weight is 369 g/mol. The maximum atomic E-state index is 11.9. The summed E-state index contributed by atoms with van der Waals surface area (Å²) >= 11 is 0. The molecule has 0 bridgehead atoms. The van der Waals surface area contributed by atoms with Crippen molar-refractivity contribution < 1.29 is 14.5 Å². The first-order valence-electron chi connectivity index (χ1n) is 8.61. The Morgan fingerprint density at radius 2 is 2.04 bits per heavy atom. The van der Waals surface area contributed by atoms with Crippen molar-refractivity contribution in [2.24, 2.45) is 5.10 Å². The molecule has 2 rings (SSSR count). The van der Waals surface area contributed by atoms with E-state index in [9.17, 15) is 14.9 Å². The van der Waals surface area contributed by atoms with Gasteiger partial charge in [0.15, 0.2) is 0 Å². The molecule has 0 unspecified atom stereocenters. The second-order valence-corrected chi connectivity index (χ2v) is 6.27. The van der Waals surface area contributed by atoms with Gasteiger partial charge in [0.05, 0.1) is 18.2 Å². The Hall–Kier alpha value is -3.22. The van der Waals surface area contributed by atoms with Gasteiger partial charge in [-0.2, -0.15) is 5.10 Å². The molecule has 1 N–H and O–H groups in total. The number of methoxy groups -OCH3 is 1. The second-order valence-electron chi connectivity index (χ2n) is 6.27. The summed E-state index contributed by atoms with van der Waals surface area (Å²) in [4.78, 5) is 22.4. The lowest BCUT2D eigenvalue weighted by atomic mass is 10.0. The van der Waals surface area contributed by atoms with E-state index in [0.717, 1.165) is 23.3 Å². The standard InChI is InChI=1S/C20H23N3O4/c1-14-7-10-17(19(11-14)27-3)5-4-6-20(24)22-21-13-16-9-8-15(2)18(12-16)23(25)26/h7-13H,4-6H2,1-3H3,(H,22,24)/b21-13-. The molecule has 0 aliphatic rings. The number of hydrogen-bond donors (Lipinski definition) is 1. The van der Waals surface area contributed by atoms with Crippen LogP contribution >= 0.6 is 0 Å². The highest BCUT2D eigenvalue weighted by Crippen LogP contribution is 2.21. The molecule has 1 amide bonds. The lowest BCUT2D eigenvalue weighted by Gasteiger charge is -2.09. The lowest BCUT2D eigenvalue weighted by Crippen LogP contribution is -2.17. The number of hydrogen-bond acceptors (Lipinski definition) is 5. The van der Waals surface area contributed by atoms with Crippen LogP contribution in [0.3, 0.4) is 0 Å². The van der Waals surface area contributed by atoms with Gasteiger partial charge in [-0.1, -0.05) is 24.3 Å². The molecular weight excluding hydrogens is 346 g/mol. The maximum Gasteiger partial charge on any atom is 0.272 e. The van der Waals surface area contributed by atoms with Crippen molar-refractivity contribution in [2.75, 3.05) is 7.11 Å². The largest absolute Gasteiger partial charge is 0.496 e. The van der Waals surface area contributed by atoms with Crippen LogP contribution in [0.1, 0.15) is 35.1 Å². The Kier molecular flexibility index (Phi) is 7.05. The summed E-state index contributed by atoms with van der Waals surface area (Å²) in [5.74, 6) is 0.619. The number of ether oxygens (including phenoxy) is 1. The molecule has 0 aliphatic carbocycles. The van der Waals surface area contributed by atoms with E-state index in [2.05, 4.69) is 10.5 Å². The highest BCUT2D eigenvalue weighted by Gasteiger charge is 2.10. The van der Waals surface area contributed by atoms with Crippen LogP contribution in [0, 0.1) is 24.0 Å². The number of carbonyl (C=O) groups excluding carboxylic acids is 1. The van der Waals surface area contributed by atoms with Gasteiger partial charge >= 0.3 is 0 Å². The minimum absolute atomic E-state index is 0.0253. The van der Waals surface area contributed by atoms with Gasteiger partial charge in [-0.15, -0.1) is 0 Å². The number of nitro groups is 1. The van der Waals surface area contributed by atoms with Gasteiger partial charge in [0.2, 0.25) is 5.91 Å². The third-order valence-corrected chi connectivity index (χ3v) is 4.13. The molecule has 0 aromatic heterocycles. The van der Waals surface area contributed by atoms with E-state index in [1.807, 2.05) is 25.1 Å². The van der Waals surface area contributed by atoms with Gasteiger partial charge in [-0.25, -0.2) is 5.43 Å². The van der Waals surface area contributed by atoms with Crippen molar-refractivity contribution in [1.29, 1.82) is 0 Å². The number of nitro benzene ring substituents is 1. The molecule has 142 valence electrons. The van der Waals surface area contributed by atoms with Gasteiger partial charge < -0.3 is 4.74 Å². The van der Waals surface area contributed by atoms with Gasteiger partial charge in [0.25, 0.3) is 5.69 Å². The van der Waals surface area contributed by atoms with Gasteiger partial charge in [-0.3, -0.25) is 14.9 Å². The van der Waals surface area contributed by atoms with Crippen LogP contribution in [0.25, 0.3) is 0 Å². The fraction of sp³-hybridized carbons (Fsp3) is 0.300. The number of carbonyl (C=O) groups is 1. The Morgan fingerprint density at radius 3 is 2.74 bits per heavy atom. The minimum Gasteiger partial charge on any atom is -0.496 e. The summed E-state index contributed by atoms with van der Waals surface area (Å²) < 4.78 is 5.36. The average Bonchev–Trinajstić information content (AvgIpc) is 2.64. The molecule has 27 heavy (non-hydrogen) atoms. The second kappa shape index (κ2) is 9.47. The molecule has 2 aromatic carbocycles. The first-order chi connectivity index (χ1) is 12.9. The molecule has 0 heterocycles. The summed E-state index contributed by atoms with van der Waals surface area (Å²) in [5.41, 5.74) is 5.79. The molecule has 0 spiro atoms. The topological polar surface area (TPSA) is 93.8 Å². The van der Waals surface area contributed by atoms with Gasteiger partial charge in [0.1, 0.15) is 5.75 Å². The SMILES string of the molecule is COc1cc(C)ccc1CCCC(=O)N/N=C\c1ccc(C)c([N+](=O)[O-])c1. The number of aryl methyl sites for hydroxylation is 3. The van der Waals surface area contributed by atoms with Crippen LogP contribution in [0.5, 0.6) is 5.75 Å². The van der Waals surface area contributed by atoms with E-state index in [1.54, 1.807) is 26.2 Å². The fourth-order valence-corrected chi connectivity index (χ4v) is 2.64. The zero-order valence-corrected chi connectivity index (χ0v) is 15.7. The van der Waals surface area contributed by atoms with Crippen molar-refractivity contribution in [3.63, 3.8) is 0 Å². The number of benzene rings is 2. The third-order valence-electron chi connectivity index (χ3n) is 4.13. The molecule has 0 aliphatic heterocycles. The number of rotatable bonds is 8. The van der Waals surface area contributed by atoms with Crippen molar-refractivity contribution >= 4 is 17.8 Å². The molecule has 0 saturated heterocycles. The van der Waals surface area contributed by atoms with Crippen LogP contribution in [0.15, 0.2) is 41.5 Å². The molecule has 0 fully saturated rings. The van der Waals surface area contributed by atoms with Gasteiger partial charge in [-0.05, 0) is 43.9 Å². The minimum atomic E-state index is -0.440. The first kappa shape index (κ1) is 20.1. The van der Waals surface area contributed by atoms with E-state index >= 15 is 0 Å². The zero-order chi connectivity index (χ0) is 19.8. The summed E-state index contributed by atoms with van der Waals surface area (Å²) in [6.45, 7) is 3.67. The number of nitrogens with zero attached hydrogens (tertiary/aromatic N) is 2. The van der Waals surface area contributed by atoms with E-state index in [4.69, 9.17) is 4.74 Å². The summed E-state index contributed by atoms with van der Waals surface area (Å²) in [5, 5.41) is 14.8. The quantitative estimate of drug-likeness (QED) is 0.436. The highest BCUT2D eigenvalue weighted by molar-refractivity contribution is 5.83. The molecule has 0 atom stereocenters. The Balaban J connectivity index is 1.84. The van der Waals surface area contributed by atoms with Crippen molar-refractivity contribution in [3.8, 4) is 5.75 Å². The molecule has 0 radical (unpaired) electrons. The fourth-order valence-electron chi connectivity index (χ4n) is 2.64. The monoisotopic (exact) mass is 369 g/mol. The summed E-state index contributed by atoms with van der Waals surface area (Å²) in [6, 6.07) is 10.8. The van der Waals surface area contributed by atoms with E-state index in [-0.39, 0.29) is 11.6 Å². The predicted molar refractivity (Wildman–Crippen MR) is 104 cm³/mol. The molecular formula is C20H23N3O4. The van der Waals surface area contributed by atoms with E-state index in [1.165, 1.54) is 12.3 Å². The molecule has 0 saturated carbocycles. The Bertz CT molecular complexity index is 862. The molecule has 7 nitrogen and oxygen atoms in total. The van der Waals surface area contributed by atoms with Crippen LogP contribution in [0.2, 0.25) is 0 Å². The number of hydrazone groups is 1. The van der Waals surface area contributed by atoms with E-state index < -0.39 is 4.92 Å². The van der Waals surface area contributed by atoms with Crippen LogP contribution in [-0.4, -0.2) is 24.2 Å². The molecule has 7 heteroatoms. The zero-order valence-electron chi connectivity index (χ0n) is 15.7. The van der Waals surface area contributed by atoms with E-state index in [0.29, 0.717) is 24.0 Å². The predicted octanol–water partition coefficient (Wildman–Crippen LogP) is 3.69. The van der Waals surface area contributed by atoms with Crippen LogP contribution in [-0.2, 0) is 11.2 Å². The normalized spacial score (nSPS) is 10.8. The Morgan fingerprint density at radius 1 is 1.26 bits per heavy atom. The van der Waals surface area contributed by atoms with Crippen molar-refractivity contribution in [3.05, 3.63) is 68.8 Å². The van der Waals surface area contributed by atoms with Gasteiger partial charge in [0, 0.05) is 23.6 Å². The van der Waals surface area contributed by atoms with Crippen LogP contribution in [0.4, 0.5) is 5.69 Å².